The van der Waals surface area contributed by atoms with Gasteiger partial charge in [-0.25, -0.2) is 12.8 Å². The number of halogens is 1. The number of benzene rings is 1. The van der Waals surface area contributed by atoms with Crippen LogP contribution in [-0.2, 0) is 21.2 Å². The zero-order valence-corrected chi connectivity index (χ0v) is 12.1. The van der Waals surface area contributed by atoms with Crippen LogP contribution in [0.1, 0.15) is 5.56 Å². The van der Waals surface area contributed by atoms with Gasteiger partial charge in [-0.3, -0.25) is 4.79 Å². The maximum atomic E-state index is 12.8. The molecular weight excluding hydrogens is 283 g/mol. The van der Waals surface area contributed by atoms with Crippen molar-refractivity contribution in [2.45, 2.75) is 6.42 Å². The monoisotopic (exact) mass is 300 g/mol. The second kappa shape index (κ2) is 5.88. The van der Waals surface area contributed by atoms with Gasteiger partial charge in [-0.15, -0.1) is 0 Å². The summed E-state index contributed by atoms with van der Waals surface area (Å²) in [6.07, 6.45) is 1.38. The SMILES string of the molecule is CS(=O)(=O)N1CCN(C(=O)Cc2ccc(F)cc2)CC1. The fourth-order valence-corrected chi connectivity index (χ4v) is 2.98. The first kappa shape index (κ1) is 14.9. The Balaban J connectivity index is 1.90. The van der Waals surface area contributed by atoms with Crippen LogP contribution in [0.5, 0.6) is 0 Å². The van der Waals surface area contributed by atoms with Crippen molar-refractivity contribution in [1.82, 2.24) is 9.21 Å². The Labute approximate surface area is 118 Å². The number of nitrogens with zero attached hydrogens (tertiary/aromatic N) is 2. The molecule has 2 rings (SSSR count). The van der Waals surface area contributed by atoms with E-state index in [1.807, 2.05) is 0 Å². The van der Waals surface area contributed by atoms with Crippen LogP contribution < -0.4 is 0 Å². The van der Waals surface area contributed by atoms with Gasteiger partial charge in [0.2, 0.25) is 15.9 Å². The number of carbonyl (C=O) groups is 1. The van der Waals surface area contributed by atoms with Crippen molar-refractivity contribution in [3.05, 3.63) is 35.6 Å². The molecule has 1 heterocycles. The smallest absolute Gasteiger partial charge is 0.227 e. The molecule has 7 heteroatoms. The Kier molecular flexibility index (Phi) is 4.39. The number of hydrogen-bond donors (Lipinski definition) is 0. The lowest BCUT2D eigenvalue weighted by Gasteiger charge is -2.33. The number of carbonyl (C=O) groups excluding carboxylic acids is 1. The summed E-state index contributed by atoms with van der Waals surface area (Å²) in [5.41, 5.74) is 0.752. The predicted octanol–water partition coefficient (Wildman–Crippen LogP) is 0.472. The molecule has 0 saturated carbocycles. The summed E-state index contributed by atoms with van der Waals surface area (Å²) in [6.45, 7) is 1.45. The number of sulfonamides is 1. The number of piperazine rings is 1. The van der Waals surface area contributed by atoms with Crippen LogP contribution in [-0.4, -0.2) is 56.0 Å². The molecule has 0 spiro atoms. The highest BCUT2D eigenvalue weighted by Gasteiger charge is 2.25. The molecule has 0 bridgehead atoms. The molecule has 0 atom stereocenters. The largest absolute Gasteiger partial charge is 0.340 e. The fourth-order valence-electron chi connectivity index (χ4n) is 2.16. The van der Waals surface area contributed by atoms with Gasteiger partial charge in [0.15, 0.2) is 0 Å². The first-order chi connectivity index (χ1) is 9.36. The second-order valence-electron chi connectivity index (χ2n) is 4.85. The number of rotatable bonds is 3. The van der Waals surface area contributed by atoms with Crippen molar-refractivity contribution in [2.75, 3.05) is 32.4 Å². The normalized spacial score (nSPS) is 17.2. The maximum Gasteiger partial charge on any atom is 0.227 e. The molecule has 0 aliphatic carbocycles. The van der Waals surface area contributed by atoms with E-state index in [0.717, 1.165) is 5.56 Å². The van der Waals surface area contributed by atoms with Crippen molar-refractivity contribution < 1.29 is 17.6 Å². The van der Waals surface area contributed by atoms with Gasteiger partial charge < -0.3 is 4.90 Å². The van der Waals surface area contributed by atoms with Crippen LogP contribution in [0, 0.1) is 5.82 Å². The van der Waals surface area contributed by atoms with E-state index in [1.54, 1.807) is 17.0 Å². The van der Waals surface area contributed by atoms with E-state index in [9.17, 15) is 17.6 Å². The number of hydrogen-bond acceptors (Lipinski definition) is 3. The molecule has 0 N–H and O–H groups in total. The summed E-state index contributed by atoms with van der Waals surface area (Å²) in [7, 11) is -3.18. The molecule has 1 aliphatic rings. The van der Waals surface area contributed by atoms with Crippen molar-refractivity contribution >= 4 is 15.9 Å². The molecule has 0 radical (unpaired) electrons. The molecule has 1 fully saturated rings. The van der Waals surface area contributed by atoms with Gasteiger partial charge >= 0.3 is 0 Å². The van der Waals surface area contributed by atoms with Crippen LogP contribution in [0.15, 0.2) is 24.3 Å². The average molecular weight is 300 g/mol. The molecule has 1 aromatic carbocycles. The maximum absolute atomic E-state index is 12.8. The third kappa shape index (κ3) is 3.77. The Morgan fingerprint density at radius 3 is 2.20 bits per heavy atom. The van der Waals surface area contributed by atoms with E-state index in [2.05, 4.69) is 0 Å². The molecule has 110 valence electrons. The van der Waals surface area contributed by atoms with E-state index in [1.165, 1.54) is 22.7 Å². The third-order valence-corrected chi connectivity index (χ3v) is 4.63. The van der Waals surface area contributed by atoms with E-state index in [-0.39, 0.29) is 18.1 Å². The van der Waals surface area contributed by atoms with E-state index < -0.39 is 10.0 Å². The minimum Gasteiger partial charge on any atom is -0.340 e. The van der Waals surface area contributed by atoms with Crippen molar-refractivity contribution in [3.63, 3.8) is 0 Å². The van der Waals surface area contributed by atoms with Gasteiger partial charge in [0.1, 0.15) is 5.82 Å². The first-order valence-electron chi connectivity index (χ1n) is 6.33. The van der Waals surface area contributed by atoms with Crippen LogP contribution in [0.2, 0.25) is 0 Å². The second-order valence-corrected chi connectivity index (χ2v) is 6.83. The van der Waals surface area contributed by atoms with Crippen molar-refractivity contribution in [1.29, 1.82) is 0 Å². The zero-order chi connectivity index (χ0) is 14.8. The fraction of sp³-hybridized carbons (Fsp3) is 0.462. The lowest BCUT2D eigenvalue weighted by atomic mass is 10.1. The van der Waals surface area contributed by atoms with Gasteiger partial charge in [-0.05, 0) is 17.7 Å². The molecule has 0 aromatic heterocycles. The summed E-state index contributed by atoms with van der Waals surface area (Å²) in [6, 6.07) is 5.81. The van der Waals surface area contributed by atoms with Crippen LogP contribution in [0.4, 0.5) is 4.39 Å². The Morgan fingerprint density at radius 1 is 1.15 bits per heavy atom. The topological polar surface area (TPSA) is 57.7 Å². The van der Waals surface area contributed by atoms with Crippen LogP contribution in [0.3, 0.4) is 0 Å². The lowest BCUT2D eigenvalue weighted by molar-refractivity contribution is -0.131. The molecule has 1 amide bonds. The molecular formula is C13H17FN2O3S. The Morgan fingerprint density at radius 2 is 1.70 bits per heavy atom. The summed E-state index contributed by atoms with van der Waals surface area (Å²) in [5.74, 6) is -0.396. The van der Waals surface area contributed by atoms with E-state index in [0.29, 0.717) is 26.2 Å². The molecule has 0 unspecified atom stereocenters. The molecule has 5 nitrogen and oxygen atoms in total. The summed E-state index contributed by atoms with van der Waals surface area (Å²) in [4.78, 5) is 13.7. The van der Waals surface area contributed by atoms with Gasteiger partial charge in [-0.1, -0.05) is 12.1 Å². The molecule has 1 saturated heterocycles. The van der Waals surface area contributed by atoms with E-state index in [4.69, 9.17) is 0 Å². The van der Waals surface area contributed by atoms with Crippen LogP contribution in [0.25, 0.3) is 0 Å². The van der Waals surface area contributed by atoms with Gasteiger partial charge in [0.05, 0.1) is 12.7 Å². The molecule has 20 heavy (non-hydrogen) atoms. The van der Waals surface area contributed by atoms with Crippen molar-refractivity contribution in [2.24, 2.45) is 0 Å². The van der Waals surface area contributed by atoms with E-state index >= 15 is 0 Å². The molecule has 1 aromatic rings. The highest BCUT2D eigenvalue weighted by Crippen LogP contribution is 2.09. The summed E-state index contributed by atoms with van der Waals surface area (Å²) >= 11 is 0. The quantitative estimate of drug-likeness (QED) is 0.815. The Bertz CT molecular complexity index is 578. The number of amides is 1. The van der Waals surface area contributed by atoms with Gasteiger partial charge in [-0.2, -0.15) is 4.31 Å². The van der Waals surface area contributed by atoms with Gasteiger partial charge in [0, 0.05) is 26.2 Å². The lowest BCUT2D eigenvalue weighted by Crippen LogP contribution is -2.50. The highest BCUT2D eigenvalue weighted by atomic mass is 32.2. The third-order valence-electron chi connectivity index (χ3n) is 3.33. The van der Waals surface area contributed by atoms with Crippen molar-refractivity contribution in [3.8, 4) is 0 Å². The van der Waals surface area contributed by atoms with Crippen LogP contribution >= 0.6 is 0 Å². The highest BCUT2D eigenvalue weighted by molar-refractivity contribution is 7.88. The predicted molar refractivity (Wildman–Crippen MR) is 73.1 cm³/mol. The Hall–Kier alpha value is -1.47. The molecule has 1 aliphatic heterocycles. The zero-order valence-electron chi connectivity index (χ0n) is 11.3. The first-order valence-corrected chi connectivity index (χ1v) is 8.18. The summed E-state index contributed by atoms with van der Waals surface area (Å²) < 4.78 is 36.9. The van der Waals surface area contributed by atoms with Gasteiger partial charge in [0.25, 0.3) is 0 Å². The summed E-state index contributed by atoms with van der Waals surface area (Å²) in [5, 5.41) is 0. The minimum atomic E-state index is -3.18. The average Bonchev–Trinajstić information content (AvgIpc) is 2.40. The minimum absolute atomic E-state index is 0.0650. The standard InChI is InChI=1S/C13H17FN2O3S/c1-20(18,19)16-8-6-15(7-9-16)13(17)10-11-2-4-12(14)5-3-11/h2-5H,6-10H2,1H3.